The minimum atomic E-state index is -0.0996. The first-order chi connectivity index (χ1) is 18.1. The summed E-state index contributed by atoms with van der Waals surface area (Å²) in [5.74, 6) is 1.58. The van der Waals surface area contributed by atoms with Gasteiger partial charge in [0.15, 0.2) is 0 Å². The number of ether oxygens (including phenoxy) is 2. The number of aliphatic hydroxyl groups excluding tert-OH is 1. The van der Waals surface area contributed by atoms with Crippen molar-refractivity contribution >= 4 is 29.1 Å². The Morgan fingerprint density at radius 1 is 1.11 bits per heavy atom. The number of nitriles is 1. The van der Waals surface area contributed by atoms with Crippen molar-refractivity contribution in [2.45, 2.75) is 17.7 Å². The monoisotopic (exact) mass is 532 g/mol. The van der Waals surface area contributed by atoms with Gasteiger partial charge in [-0.05, 0) is 48.9 Å². The summed E-state index contributed by atoms with van der Waals surface area (Å²) in [5, 5.41) is 20.1. The predicted molar refractivity (Wildman–Crippen MR) is 141 cm³/mol. The van der Waals surface area contributed by atoms with Gasteiger partial charge in [0.25, 0.3) is 5.69 Å². The molecule has 10 heteroatoms. The quantitative estimate of drug-likeness (QED) is 0.181. The molecule has 0 aliphatic carbocycles. The molecule has 0 atom stereocenters. The first-order valence-electron chi connectivity index (χ1n) is 11.2. The third kappa shape index (κ3) is 6.04. The van der Waals surface area contributed by atoms with E-state index < -0.39 is 0 Å². The van der Waals surface area contributed by atoms with E-state index in [9.17, 15) is 5.26 Å². The Morgan fingerprint density at radius 2 is 1.84 bits per heavy atom. The Kier molecular flexibility index (Phi) is 8.65. The molecule has 0 saturated heterocycles. The average Bonchev–Trinajstić information content (AvgIpc) is 3.40. The molecular weight excluding hydrogens is 512 g/mol. The molecule has 4 aromatic rings. The molecule has 0 amide bonds. The number of thioether (sulfide) groups is 1. The van der Waals surface area contributed by atoms with Crippen molar-refractivity contribution < 1.29 is 19.0 Å². The highest BCUT2D eigenvalue weighted by molar-refractivity contribution is 7.98. The Bertz CT molecular complexity index is 1460. The second kappa shape index (κ2) is 12.3. The molecule has 2 aromatic heterocycles. The number of rotatable bonds is 10. The number of oxazole rings is 1. The number of benzene rings is 2. The van der Waals surface area contributed by atoms with Gasteiger partial charge in [-0.15, -0.1) is 0 Å². The second-order valence-electron chi connectivity index (χ2n) is 7.51. The summed E-state index contributed by atoms with van der Waals surface area (Å²) in [6.07, 6.45) is 1.56. The van der Waals surface area contributed by atoms with Crippen LogP contribution in [0.2, 0.25) is 5.02 Å². The van der Waals surface area contributed by atoms with E-state index >= 15 is 0 Å². The molecule has 0 unspecified atom stereocenters. The summed E-state index contributed by atoms with van der Waals surface area (Å²) in [5.41, 5.74) is 2.98. The van der Waals surface area contributed by atoms with Gasteiger partial charge in [0.1, 0.15) is 29.7 Å². The van der Waals surface area contributed by atoms with E-state index in [4.69, 9.17) is 37.2 Å². The lowest BCUT2D eigenvalue weighted by molar-refractivity contribution is 0.201. The zero-order valence-electron chi connectivity index (χ0n) is 19.8. The topological polar surface area (TPSA) is 106 Å². The van der Waals surface area contributed by atoms with E-state index in [1.54, 1.807) is 49.6 Å². The van der Waals surface area contributed by atoms with Crippen molar-refractivity contribution in [3.63, 3.8) is 0 Å². The highest BCUT2D eigenvalue weighted by Gasteiger charge is 2.23. The Balaban J connectivity index is 1.68. The van der Waals surface area contributed by atoms with Crippen LogP contribution in [0.15, 0.2) is 64.2 Å². The summed E-state index contributed by atoms with van der Waals surface area (Å²) in [7, 11) is 0. The molecule has 0 saturated carbocycles. The van der Waals surface area contributed by atoms with Crippen LogP contribution in [0.3, 0.4) is 0 Å². The summed E-state index contributed by atoms with van der Waals surface area (Å²) >= 11 is 7.27. The largest absolute Gasteiger partial charge is 0.491 e. The summed E-state index contributed by atoms with van der Waals surface area (Å²) < 4.78 is 16.7. The smallest absolute Gasteiger partial charge is 0.256 e. The van der Waals surface area contributed by atoms with E-state index in [0.29, 0.717) is 50.9 Å². The number of aromatic nitrogens is 2. The first kappa shape index (κ1) is 26.1. The molecule has 0 aliphatic heterocycles. The average molecular weight is 533 g/mol. The Labute approximate surface area is 223 Å². The van der Waals surface area contributed by atoms with Crippen LogP contribution in [0.1, 0.15) is 18.2 Å². The van der Waals surface area contributed by atoms with Crippen LogP contribution in [-0.4, -0.2) is 34.9 Å². The van der Waals surface area contributed by atoms with Crippen molar-refractivity contribution in [2.24, 2.45) is 0 Å². The normalized spacial score (nSPS) is 10.5. The highest BCUT2D eigenvalue weighted by atomic mass is 35.5. The van der Waals surface area contributed by atoms with E-state index in [2.05, 4.69) is 20.9 Å². The molecule has 186 valence electrons. The van der Waals surface area contributed by atoms with Crippen LogP contribution in [0.5, 0.6) is 11.6 Å². The summed E-state index contributed by atoms with van der Waals surface area (Å²) in [4.78, 5) is 12.7. The number of aliphatic hydroxyl groups is 1. The minimum Gasteiger partial charge on any atom is -0.491 e. The molecule has 2 heterocycles. The third-order valence-electron chi connectivity index (χ3n) is 5.11. The number of pyridine rings is 1. The van der Waals surface area contributed by atoms with Crippen LogP contribution in [-0.2, 0) is 5.75 Å². The van der Waals surface area contributed by atoms with Crippen LogP contribution >= 0.6 is 23.4 Å². The van der Waals surface area contributed by atoms with Gasteiger partial charge < -0.3 is 19.0 Å². The standard InChI is InChI=1S/C27H21ClN4O4S/c1-3-34-26-24(30-2)23(17-6-10-21(11-7-17)35-13-12-33)22(14-29)27(32-26)37-16-20-15-36-25(31-20)18-4-8-19(28)9-5-18/h4-11,15,33H,3,12-13,16H2,1H3. The minimum absolute atomic E-state index is 0.0996. The third-order valence-corrected chi connectivity index (χ3v) is 6.37. The fourth-order valence-corrected chi connectivity index (χ4v) is 4.47. The van der Waals surface area contributed by atoms with E-state index in [1.807, 2.05) is 12.1 Å². The number of hydrogen-bond acceptors (Lipinski definition) is 8. The zero-order valence-corrected chi connectivity index (χ0v) is 21.3. The lowest BCUT2D eigenvalue weighted by Gasteiger charge is -2.15. The van der Waals surface area contributed by atoms with Crippen molar-refractivity contribution in [2.75, 3.05) is 19.8 Å². The van der Waals surface area contributed by atoms with Gasteiger partial charge in [-0.1, -0.05) is 35.5 Å². The molecule has 1 N–H and O–H groups in total. The molecule has 0 fully saturated rings. The maximum Gasteiger partial charge on any atom is 0.256 e. The molecule has 8 nitrogen and oxygen atoms in total. The maximum absolute atomic E-state index is 10.1. The van der Waals surface area contributed by atoms with E-state index in [-0.39, 0.29) is 30.3 Å². The van der Waals surface area contributed by atoms with E-state index in [1.165, 1.54) is 11.8 Å². The van der Waals surface area contributed by atoms with Crippen molar-refractivity contribution in [3.8, 4) is 40.3 Å². The van der Waals surface area contributed by atoms with Crippen molar-refractivity contribution in [1.82, 2.24) is 9.97 Å². The fraction of sp³-hybridized carbons (Fsp3) is 0.185. The van der Waals surface area contributed by atoms with Crippen LogP contribution in [0.4, 0.5) is 5.69 Å². The molecule has 0 aliphatic rings. The highest BCUT2D eigenvalue weighted by Crippen LogP contribution is 2.44. The van der Waals surface area contributed by atoms with Crippen molar-refractivity contribution in [3.05, 3.63) is 82.5 Å². The Morgan fingerprint density at radius 3 is 2.49 bits per heavy atom. The predicted octanol–water partition coefficient (Wildman–Crippen LogP) is 6.54. The SMILES string of the molecule is [C-]#[N+]c1c(OCC)nc(SCc2coc(-c3ccc(Cl)cc3)n2)c(C#N)c1-c1ccc(OCCO)cc1. The molecule has 0 radical (unpaired) electrons. The molecular formula is C27H21ClN4O4S. The van der Waals surface area contributed by atoms with E-state index in [0.717, 1.165) is 5.56 Å². The molecule has 4 rings (SSSR count). The van der Waals surface area contributed by atoms with Gasteiger partial charge in [0.2, 0.25) is 11.8 Å². The van der Waals surface area contributed by atoms with Gasteiger partial charge in [0, 0.05) is 21.9 Å². The first-order valence-corrected chi connectivity index (χ1v) is 12.6. The summed E-state index contributed by atoms with van der Waals surface area (Å²) in [6.45, 7) is 9.96. The lowest BCUT2D eigenvalue weighted by atomic mass is 10.00. The summed E-state index contributed by atoms with van der Waals surface area (Å²) in [6, 6.07) is 16.4. The molecule has 2 aromatic carbocycles. The molecule has 37 heavy (non-hydrogen) atoms. The maximum atomic E-state index is 10.1. The second-order valence-corrected chi connectivity index (χ2v) is 8.91. The number of halogens is 1. The number of nitrogens with zero attached hydrogens (tertiary/aromatic N) is 4. The van der Waals surface area contributed by atoms with Gasteiger partial charge in [-0.2, -0.15) is 5.26 Å². The Hall–Kier alpha value is -4.02. The molecule has 0 bridgehead atoms. The number of hydrogen-bond donors (Lipinski definition) is 1. The van der Waals surface area contributed by atoms with Gasteiger partial charge in [0.05, 0.1) is 31.0 Å². The van der Waals surface area contributed by atoms with Gasteiger partial charge in [-0.25, -0.2) is 14.8 Å². The molecule has 0 spiro atoms. The van der Waals surface area contributed by atoms with Crippen molar-refractivity contribution in [1.29, 1.82) is 5.26 Å². The van der Waals surface area contributed by atoms with Crippen LogP contribution in [0, 0.1) is 17.9 Å². The van der Waals surface area contributed by atoms with Crippen LogP contribution in [0.25, 0.3) is 27.4 Å². The van der Waals surface area contributed by atoms with Gasteiger partial charge >= 0.3 is 0 Å². The fourth-order valence-electron chi connectivity index (χ4n) is 3.49. The lowest BCUT2D eigenvalue weighted by Crippen LogP contribution is -2.02. The van der Waals surface area contributed by atoms with Crippen LogP contribution < -0.4 is 9.47 Å². The zero-order chi connectivity index (χ0) is 26.2. The van der Waals surface area contributed by atoms with Gasteiger partial charge in [-0.3, -0.25) is 0 Å².